The summed E-state index contributed by atoms with van der Waals surface area (Å²) in [7, 11) is 0. The van der Waals surface area contributed by atoms with Crippen molar-refractivity contribution in [1.29, 1.82) is 0 Å². The van der Waals surface area contributed by atoms with Crippen LogP contribution in [0, 0.1) is 0 Å². The molecule has 3 rings (SSSR count). The molecule has 0 saturated carbocycles. The molecular weight excluding hydrogens is 304 g/mol. The van der Waals surface area contributed by atoms with E-state index in [1.807, 2.05) is 35.2 Å². The maximum atomic E-state index is 12.3. The Morgan fingerprint density at radius 1 is 1.12 bits per heavy atom. The summed E-state index contributed by atoms with van der Waals surface area (Å²) in [6, 6.07) is 10.1. The third-order valence-corrected chi connectivity index (χ3v) is 4.89. The van der Waals surface area contributed by atoms with Gasteiger partial charge in [-0.15, -0.1) is 0 Å². The smallest absolute Gasteiger partial charge is 0.260 e. The molecule has 132 valence electrons. The van der Waals surface area contributed by atoms with Crippen LogP contribution in [0.2, 0.25) is 0 Å². The lowest BCUT2D eigenvalue weighted by Gasteiger charge is -2.43. The lowest BCUT2D eigenvalue weighted by Crippen LogP contribution is -2.54. The molecule has 0 aromatic heterocycles. The van der Waals surface area contributed by atoms with Gasteiger partial charge in [0.1, 0.15) is 5.75 Å². The molecule has 0 N–H and O–H groups in total. The van der Waals surface area contributed by atoms with Crippen molar-refractivity contribution in [3.63, 3.8) is 0 Å². The maximum absolute atomic E-state index is 12.3. The van der Waals surface area contributed by atoms with Crippen LogP contribution in [0.3, 0.4) is 0 Å². The van der Waals surface area contributed by atoms with Gasteiger partial charge >= 0.3 is 0 Å². The number of carbonyl (C=O) groups is 1. The minimum absolute atomic E-state index is 0.0843. The molecule has 5 heteroatoms. The fraction of sp³-hybridized carbons (Fsp3) is 0.632. The third-order valence-electron chi connectivity index (χ3n) is 4.89. The molecule has 0 unspecified atom stereocenters. The summed E-state index contributed by atoms with van der Waals surface area (Å²) < 4.78 is 11.4. The van der Waals surface area contributed by atoms with Crippen LogP contribution in [-0.2, 0) is 9.53 Å². The average Bonchev–Trinajstić information content (AvgIpc) is 2.60. The van der Waals surface area contributed by atoms with Crippen molar-refractivity contribution in [1.82, 2.24) is 9.80 Å². The van der Waals surface area contributed by atoms with Gasteiger partial charge < -0.3 is 14.4 Å². The van der Waals surface area contributed by atoms with Crippen LogP contribution in [0.1, 0.15) is 26.7 Å². The second-order valence-corrected chi connectivity index (χ2v) is 6.92. The fourth-order valence-corrected chi connectivity index (χ4v) is 3.75. The molecule has 2 fully saturated rings. The summed E-state index contributed by atoms with van der Waals surface area (Å²) in [6.07, 6.45) is 2.67. The number of nitrogens with zero attached hydrogens (tertiary/aromatic N) is 2. The predicted octanol–water partition coefficient (Wildman–Crippen LogP) is 2.17. The van der Waals surface area contributed by atoms with E-state index in [1.54, 1.807) is 0 Å². The van der Waals surface area contributed by atoms with Gasteiger partial charge in [-0.05, 0) is 38.8 Å². The zero-order valence-electron chi connectivity index (χ0n) is 14.7. The van der Waals surface area contributed by atoms with E-state index in [-0.39, 0.29) is 12.5 Å². The third kappa shape index (κ3) is 4.48. The number of hydrogen-bond acceptors (Lipinski definition) is 4. The number of benzene rings is 1. The number of para-hydroxylation sites is 1. The number of piperidine rings is 1. The van der Waals surface area contributed by atoms with Gasteiger partial charge in [-0.3, -0.25) is 9.69 Å². The Kier molecular flexibility index (Phi) is 5.74. The van der Waals surface area contributed by atoms with E-state index in [1.165, 1.54) is 0 Å². The Bertz CT molecular complexity index is 519. The Hall–Kier alpha value is -1.59. The van der Waals surface area contributed by atoms with Crippen LogP contribution in [0.4, 0.5) is 0 Å². The Balaban J connectivity index is 1.43. The summed E-state index contributed by atoms with van der Waals surface area (Å²) in [6.45, 7) is 8.05. The van der Waals surface area contributed by atoms with E-state index in [9.17, 15) is 4.79 Å². The van der Waals surface area contributed by atoms with Crippen LogP contribution < -0.4 is 4.74 Å². The van der Waals surface area contributed by atoms with Crippen LogP contribution in [0.25, 0.3) is 0 Å². The SMILES string of the molecule is C[C@@H]1CN(C2CCN(C(=O)COc3ccccc3)CC2)C[C@@H](C)O1. The van der Waals surface area contributed by atoms with Gasteiger partial charge in [0.05, 0.1) is 12.2 Å². The highest BCUT2D eigenvalue weighted by atomic mass is 16.5. The monoisotopic (exact) mass is 332 g/mol. The first-order valence-corrected chi connectivity index (χ1v) is 8.97. The van der Waals surface area contributed by atoms with Gasteiger partial charge in [-0.25, -0.2) is 0 Å². The van der Waals surface area contributed by atoms with Crippen LogP contribution in [-0.4, -0.2) is 66.7 Å². The summed E-state index contributed by atoms with van der Waals surface area (Å²) in [5, 5.41) is 0. The van der Waals surface area contributed by atoms with E-state index in [0.29, 0.717) is 18.2 Å². The molecule has 1 aromatic rings. The Morgan fingerprint density at radius 2 is 1.75 bits per heavy atom. The van der Waals surface area contributed by atoms with E-state index in [2.05, 4.69) is 18.7 Å². The predicted molar refractivity (Wildman–Crippen MR) is 93.1 cm³/mol. The molecule has 2 aliphatic rings. The number of hydrogen-bond donors (Lipinski definition) is 0. The standard InChI is InChI=1S/C19H28N2O3/c1-15-12-21(13-16(2)24-15)17-8-10-20(11-9-17)19(22)14-23-18-6-4-3-5-7-18/h3-7,15-17H,8-14H2,1-2H3/t15-,16-/m1/s1. The quantitative estimate of drug-likeness (QED) is 0.847. The summed E-state index contributed by atoms with van der Waals surface area (Å²) in [4.78, 5) is 16.8. The topological polar surface area (TPSA) is 42.0 Å². The van der Waals surface area contributed by atoms with Crippen LogP contribution in [0.5, 0.6) is 5.75 Å². The summed E-state index contributed by atoms with van der Waals surface area (Å²) in [5.41, 5.74) is 0. The first-order chi connectivity index (χ1) is 11.6. The second-order valence-electron chi connectivity index (χ2n) is 6.92. The first kappa shape index (κ1) is 17.2. The van der Waals surface area contributed by atoms with E-state index in [0.717, 1.165) is 44.8 Å². The second kappa shape index (κ2) is 7.99. The van der Waals surface area contributed by atoms with Gasteiger partial charge in [0.15, 0.2) is 6.61 Å². The van der Waals surface area contributed by atoms with Crippen molar-refractivity contribution in [3.8, 4) is 5.75 Å². The highest BCUT2D eigenvalue weighted by Gasteiger charge is 2.31. The Morgan fingerprint density at radius 3 is 2.38 bits per heavy atom. The van der Waals surface area contributed by atoms with Crippen LogP contribution >= 0.6 is 0 Å². The molecule has 2 atom stereocenters. The lowest BCUT2D eigenvalue weighted by atomic mass is 10.0. The number of ether oxygens (including phenoxy) is 2. The first-order valence-electron chi connectivity index (χ1n) is 8.97. The highest BCUT2D eigenvalue weighted by Crippen LogP contribution is 2.21. The molecule has 5 nitrogen and oxygen atoms in total. The molecule has 0 spiro atoms. The molecule has 1 amide bonds. The van der Waals surface area contributed by atoms with Crippen molar-refractivity contribution in [3.05, 3.63) is 30.3 Å². The molecule has 0 radical (unpaired) electrons. The van der Waals surface area contributed by atoms with Gasteiger partial charge in [0, 0.05) is 32.2 Å². The zero-order chi connectivity index (χ0) is 16.9. The lowest BCUT2D eigenvalue weighted by molar-refractivity contribution is -0.136. The van der Waals surface area contributed by atoms with Crippen molar-refractivity contribution < 1.29 is 14.3 Å². The van der Waals surface area contributed by atoms with E-state index < -0.39 is 0 Å². The molecule has 24 heavy (non-hydrogen) atoms. The summed E-state index contributed by atoms with van der Waals surface area (Å²) >= 11 is 0. The number of morpholine rings is 1. The number of likely N-dealkylation sites (tertiary alicyclic amines) is 1. The van der Waals surface area contributed by atoms with Crippen molar-refractivity contribution in [2.45, 2.75) is 44.9 Å². The Labute approximate surface area is 144 Å². The maximum Gasteiger partial charge on any atom is 0.260 e. The molecule has 0 bridgehead atoms. The van der Waals surface area contributed by atoms with Crippen molar-refractivity contribution in [2.24, 2.45) is 0 Å². The fourth-order valence-electron chi connectivity index (χ4n) is 3.75. The number of amides is 1. The van der Waals surface area contributed by atoms with Gasteiger partial charge in [0.2, 0.25) is 0 Å². The number of carbonyl (C=O) groups excluding carboxylic acids is 1. The van der Waals surface area contributed by atoms with E-state index in [4.69, 9.17) is 9.47 Å². The molecule has 0 aliphatic carbocycles. The minimum Gasteiger partial charge on any atom is -0.484 e. The largest absolute Gasteiger partial charge is 0.484 e. The van der Waals surface area contributed by atoms with Crippen molar-refractivity contribution >= 4 is 5.91 Å². The molecule has 1 aromatic carbocycles. The summed E-state index contributed by atoms with van der Waals surface area (Å²) in [5.74, 6) is 0.832. The van der Waals surface area contributed by atoms with Gasteiger partial charge in [-0.1, -0.05) is 18.2 Å². The van der Waals surface area contributed by atoms with E-state index >= 15 is 0 Å². The van der Waals surface area contributed by atoms with Crippen LogP contribution in [0.15, 0.2) is 30.3 Å². The molecule has 2 heterocycles. The van der Waals surface area contributed by atoms with Gasteiger partial charge in [-0.2, -0.15) is 0 Å². The van der Waals surface area contributed by atoms with Crippen molar-refractivity contribution in [2.75, 3.05) is 32.8 Å². The minimum atomic E-state index is 0.0843. The van der Waals surface area contributed by atoms with Gasteiger partial charge in [0.25, 0.3) is 5.91 Å². The zero-order valence-corrected chi connectivity index (χ0v) is 14.7. The molecule has 2 saturated heterocycles. The highest BCUT2D eigenvalue weighted by molar-refractivity contribution is 5.77. The normalized spacial score (nSPS) is 26.3. The molecule has 2 aliphatic heterocycles. The number of rotatable bonds is 4. The molecular formula is C19H28N2O3. The average molecular weight is 332 g/mol.